The van der Waals surface area contributed by atoms with Gasteiger partial charge < -0.3 is 10.1 Å². The zero-order valence-corrected chi connectivity index (χ0v) is 15.7. The van der Waals surface area contributed by atoms with E-state index in [2.05, 4.69) is 24.4 Å². The fourth-order valence-electron chi connectivity index (χ4n) is 2.64. The predicted octanol–water partition coefficient (Wildman–Crippen LogP) is 3.94. The molecule has 0 aliphatic carbocycles. The number of rotatable bonds is 12. The van der Waals surface area contributed by atoms with Crippen LogP contribution in [-0.4, -0.2) is 29.8 Å². The van der Waals surface area contributed by atoms with Crippen LogP contribution in [0.25, 0.3) is 0 Å². The second-order valence-corrected chi connectivity index (χ2v) is 7.52. The number of carbonyl (C=O) groups excluding carboxylic acids is 2. The van der Waals surface area contributed by atoms with E-state index in [9.17, 15) is 9.59 Å². The molecule has 0 spiro atoms. The van der Waals surface area contributed by atoms with Crippen LogP contribution >= 0.6 is 11.8 Å². The van der Waals surface area contributed by atoms with Gasteiger partial charge in [0.1, 0.15) is 6.04 Å². The van der Waals surface area contributed by atoms with Crippen molar-refractivity contribution >= 4 is 24.1 Å². The molecule has 134 valence electrons. The van der Waals surface area contributed by atoms with Crippen molar-refractivity contribution in [3.63, 3.8) is 0 Å². The maximum Gasteiger partial charge on any atom is 0.330 e. The molecular formula is C19H29NO3S. The number of hydrogen-bond donors (Lipinski definition) is 1. The molecule has 24 heavy (non-hydrogen) atoms. The highest BCUT2D eigenvalue weighted by Crippen LogP contribution is 2.37. The number of ether oxygens (including phenoxy) is 1. The van der Waals surface area contributed by atoms with E-state index in [-0.39, 0.29) is 5.97 Å². The van der Waals surface area contributed by atoms with Gasteiger partial charge in [-0.05, 0) is 25.8 Å². The topological polar surface area (TPSA) is 55.4 Å². The van der Waals surface area contributed by atoms with E-state index in [1.165, 1.54) is 5.56 Å². The minimum absolute atomic E-state index is 0.310. The number of hydrogen-bond acceptors (Lipinski definition) is 4. The summed E-state index contributed by atoms with van der Waals surface area (Å²) in [4.78, 5) is 23.4. The molecule has 0 heterocycles. The third kappa shape index (κ3) is 6.56. The van der Waals surface area contributed by atoms with Gasteiger partial charge in [0.2, 0.25) is 6.41 Å². The maximum absolute atomic E-state index is 12.4. The Morgan fingerprint density at radius 2 is 2.00 bits per heavy atom. The van der Waals surface area contributed by atoms with Gasteiger partial charge in [-0.15, -0.1) is 11.8 Å². The molecule has 0 radical (unpaired) electrons. The van der Waals surface area contributed by atoms with Crippen LogP contribution in [0.4, 0.5) is 0 Å². The minimum atomic E-state index is -0.638. The molecule has 0 bridgehead atoms. The number of unbranched alkanes of at least 4 members (excludes halogenated alkanes) is 2. The summed E-state index contributed by atoms with van der Waals surface area (Å²) < 4.78 is 4.78. The van der Waals surface area contributed by atoms with Crippen molar-refractivity contribution in [1.82, 2.24) is 5.32 Å². The van der Waals surface area contributed by atoms with Crippen LogP contribution in [0.1, 0.15) is 52.0 Å². The molecule has 1 N–H and O–H groups in total. The summed E-state index contributed by atoms with van der Waals surface area (Å²) in [7, 11) is 0. The summed E-state index contributed by atoms with van der Waals surface area (Å²) in [6.45, 7) is 6.29. The number of thioether (sulfide) groups is 1. The van der Waals surface area contributed by atoms with Gasteiger partial charge in [0.25, 0.3) is 0 Å². The van der Waals surface area contributed by atoms with Gasteiger partial charge >= 0.3 is 5.97 Å². The number of amides is 1. The lowest BCUT2D eigenvalue weighted by Gasteiger charge is -2.35. The Morgan fingerprint density at radius 3 is 2.58 bits per heavy atom. The first-order valence-electron chi connectivity index (χ1n) is 8.61. The van der Waals surface area contributed by atoms with Crippen LogP contribution in [0, 0.1) is 0 Å². The first-order chi connectivity index (χ1) is 11.6. The van der Waals surface area contributed by atoms with Gasteiger partial charge in [0.15, 0.2) is 0 Å². The Labute approximate surface area is 149 Å². The van der Waals surface area contributed by atoms with Gasteiger partial charge in [-0.25, -0.2) is 4.79 Å². The fourth-order valence-corrected chi connectivity index (χ4v) is 3.94. The monoisotopic (exact) mass is 351 g/mol. The second-order valence-electron chi connectivity index (χ2n) is 6.01. The highest BCUT2D eigenvalue weighted by Gasteiger charge is 2.40. The molecule has 1 unspecified atom stereocenters. The van der Waals surface area contributed by atoms with Gasteiger partial charge in [0.05, 0.1) is 6.61 Å². The van der Waals surface area contributed by atoms with Crippen molar-refractivity contribution in [2.24, 2.45) is 0 Å². The largest absolute Gasteiger partial charge is 0.464 e. The smallest absolute Gasteiger partial charge is 0.330 e. The first kappa shape index (κ1) is 20.6. The lowest BCUT2D eigenvalue weighted by Crippen LogP contribution is -2.52. The lowest BCUT2D eigenvalue weighted by atomic mass is 9.94. The van der Waals surface area contributed by atoms with Gasteiger partial charge in [-0.3, -0.25) is 4.79 Å². The molecule has 5 heteroatoms. The Kier molecular flexibility index (Phi) is 9.53. The molecule has 1 rings (SSSR count). The van der Waals surface area contributed by atoms with Crippen LogP contribution in [0.15, 0.2) is 30.3 Å². The van der Waals surface area contributed by atoms with Gasteiger partial charge in [0, 0.05) is 10.5 Å². The molecule has 2 atom stereocenters. The van der Waals surface area contributed by atoms with E-state index >= 15 is 0 Å². The van der Waals surface area contributed by atoms with Crippen molar-refractivity contribution in [1.29, 1.82) is 0 Å². The molecule has 4 nitrogen and oxygen atoms in total. The highest BCUT2D eigenvalue weighted by molar-refractivity contribution is 8.00. The third-order valence-electron chi connectivity index (χ3n) is 4.06. The summed E-state index contributed by atoms with van der Waals surface area (Å²) in [6.07, 6.45) is 4.69. The molecule has 0 aromatic heterocycles. The van der Waals surface area contributed by atoms with Crippen LogP contribution in [0.5, 0.6) is 0 Å². The molecule has 0 saturated heterocycles. The third-order valence-corrected chi connectivity index (χ3v) is 5.63. The molecule has 0 fully saturated rings. The van der Waals surface area contributed by atoms with Crippen molar-refractivity contribution in [2.75, 3.05) is 6.61 Å². The van der Waals surface area contributed by atoms with Crippen molar-refractivity contribution in [2.45, 2.75) is 63.0 Å². The van der Waals surface area contributed by atoms with Crippen molar-refractivity contribution in [3.05, 3.63) is 35.9 Å². The predicted molar refractivity (Wildman–Crippen MR) is 99.9 cm³/mol. The molecule has 0 aliphatic heterocycles. The summed E-state index contributed by atoms with van der Waals surface area (Å²) in [6, 6.07) is 9.52. The highest BCUT2D eigenvalue weighted by atomic mass is 32.2. The Balaban J connectivity index is 2.91. The van der Waals surface area contributed by atoms with Crippen molar-refractivity contribution < 1.29 is 14.3 Å². The maximum atomic E-state index is 12.4. The molecule has 1 aromatic rings. The first-order valence-corrected chi connectivity index (χ1v) is 9.60. The van der Waals surface area contributed by atoms with Crippen LogP contribution < -0.4 is 5.32 Å². The molecule has 0 aliphatic rings. The standard InChI is InChI=1S/C19H29NO3S/c1-4-6-10-13-19(3,17(20-15-21)18(22)23-5-2)24-14-16-11-8-7-9-12-16/h7-9,11-12,15,17H,4-6,10,13-14H2,1-3H3,(H,20,21)/t17-,19?/m0/s1. The molecule has 0 saturated carbocycles. The number of carbonyl (C=O) groups is 2. The number of nitrogens with one attached hydrogen (secondary N) is 1. The molecular weight excluding hydrogens is 322 g/mol. The normalized spacial score (nSPS) is 14.5. The van der Waals surface area contributed by atoms with Crippen LogP contribution in [-0.2, 0) is 20.1 Å². The molecule has 1 amide bonds. The van der Waals surface area contributed by atoms with Gasteiger partial charge in [-0.1, -0.05) is 56.5 Å². The van der Waals surface area contributed by atoms with Crippen molar-refractivity contribution in [3.8, 4) is 0 Å². The minimum Gasteiger partial charge on any atom is -0.464 e. The molecule has 1 aromatic carbocycles. The van der Waals surface area contributed by atoms with Gasteiger partial charge in [-0.2, -0.15) is 0 Å². The quantitative estimate of drug-likeness (QED) is 0.352. The Hall–Kier alpha value is -1.49. The number of esters is 1. The Bertz CT molecular complexity index is 495. The van der Waals surface area contributed by atoms with E-state index in [1.807, 2.05) is 25.1 Å². The Morgan fingerprint density at radius 1 is 1.29 bits per heavy atom. The van der Waals surface area contributed by atoms with E-state index in [4.69, 9.17) is 4.74 Å². The van der Waals surface area contributed by atoms with Crippen LogP contribution in [0.3, 0.4) is 0 Å². The summed E-state index contributed by atoms with van der Waals surface area (Å²) in [5, 5.41) is 2.70. The van der Waals surface area contributed by atoms with Crippen LogP contribution in [0.2, 0.25) is 0 Å². The average Bonchev–Trinajstić information content (AvgIpc) is 2.59. The number of benzene rings is 1. The van der Waals surface area contributed by atoms with E-state index in [1.54, 1.807) is 18.7 Å². The zero-order chi connectivity index (χ0) is 17.8. The average molecular weight is 352 g/mol. The zero-order valence-electron chi connectivity index (χ0n) is 14.9. The SMILES string of the molecule is CCCCCC(C)(SCc1ccccc1)[C@@H](NC=O)C(=O)OCC. The van der Waals surface area contributed by atoms with E-state index in [0.717, 1.165) is 31.4 Å². The van der Waals surface area contributed by atoms with E-state index < -0.39 is 10.8 Å². The second kappa shape index (κ2) is 11.1. The van der Waals surface area contributed by atoms with E-state index in [0.29, 0.717) is 13.0 Å². The fraction of sp³-hybridized carbons (Fsp3) is 0.579. The summed E-state index contributed by atoms with van der Waals surface area (Å²) in [5.41, 5.74) is 1.21. The lowest BCUT2D eigenvalue weighted by molar-refractivity contribution is -0.147. The summed E-state index contributed by atoms with van der Waals surface area (Å²) >= 11 is 1.71. The summed E-state index contributed by atoms with van der Waals surface area (Å²) in [5.74, 6) is 0.434.